The second-order valence-electron chi connectivity index (χ2n) is 8.36. The molecule has 8 nitrogen and oxygen atoms in total. The predicted octanol–water partition coefficient (Wildman–Crippen LogP) is 7.02. The Hall–Kier alpha value is -1.74. The van der Waals surface area contributed by atoms with Gasteiger partial charge in [-0.05, 0) is 49.9 Å². The summed E-state index contributed by atoms with van der Waals surface area (Å²) in [4.78, 5) is 25.4. The van der Waals surface area contributed by atoms with Crippen molar-refractivity contribution in [2.45, 2.75) is 78.3 Å². The van der Waals surface area contributed by atoms with Crippen LogP contribution in [0.1, 0.15) is 63.0 Å². The van der Waals surface area contributed by atoms with Crippen LogP contribution in [0.4, 0.5) is 0 Å². The molecule has 0 spiro atoms. The summed E-state index contributed by atoms with van der Waals surface area (Å²) in [7, 11) is 0. The normalized spacial score (nSPS) is 11.8. The van der Waals surface area contributed by atoms with E-state index in [1.165, 1.54) is 25.7 Å². The third-order valence-corrected chi connectivity index (χ3v) is 6.83. The lowest BCUT2D eigenvalue weighted by molar-refractivity contribution is 0.526. The van der Waals surface area contributed by atoms with Crippen molar-refractivity contribution in [3.8, 4) is 0 Å². The molecular weight excluding hydrogens is 518 g/mol. The average molecular weight is 544 g/mol. The monoisotopic (exact) mass is 542 g/mol. The van der Waals surface area contributed by atoms with Gasteiger partial charge in [-0.1, -0.05) is 61.7 Å². The molecular formula is C22H26Cl4N8. The van der Waals surface area contributed by atoms with E-state index in [4.69, 9.17) is 46.4 Å². The molecule has 12 heteroatoms. The first-order valence-corrected chi connectivity index (χ1v) is 13.0. The molecule has 0 unspecified atom stereocenters. The van der Waals surface area contributed by atoms with Gasteiger partial charge in [-0.2, -0.15) is 9.97 Å². The Kier molecular flexibility index (Phi) is 8.45. The number of halogens is 4. The Labute approximate surface area is 218 Å². The van der Waals surface area contributed by atoms with Crippen LogP contribution >= 0.6 is 46.4 Å². The fourth-order valence-corrected chi connectivity index (χ4v) is 5.25. The summed E-state index contributed by atoms with van der Waals surface area (Å²) in [5.41, 5.74) is 2.64. The second kappa shape index (κ2) is 11.3. The second-order valence-corrected chi connectivity index (χ2v) is 9.75. The first-order valence-electron chi connectivity index (χ1n) is 11.5. The lowest BCUT2D eigenvalue weighted by atomic mass is 10.1. The molecule has 0 aromatic carbocycles. The molecule has 182 valence electrons. The van der Waals surface area contributed by atoms with Gasteiger partial charge in [0, 0.05) is 13.1 Å². The van der Waals surface area contributed by atoms with E-state index < -0.39 is 0 Å². The predicted molar refractivity (Wildman–Crippen MR) is 137 cm³/mol. The molecule has 4 aromatic rings. The maximum atomic E-state index is 6.27. The Morgan fingerprint density at radius 1 is 0.500 bits per heavy atom. The van der Waals surface area contributed by atoms with Gasteiger partial charge in [0.15, 0.2) is 21.6 Å². The van der Waals surface area contributed by atoms with Crippen molar-refractivity contribution in [1.82, 2.24) is 39.0 Å². The number of aromatic nitrogens is 8. The van der Waals surface area contributed by atoms with Gasteiger partial charge in [-0.3, -0.25) is 0 Å². The maximum Gasteiger partial charge on any atom is 0.225 e. The highest BCUT2D eigenvalue weighted by Crippen LogP contribution is 2.25. The Morgan fingerprint density at radius 3 is 1.24 bits per heavy atom. The Balaban J connectivity index is 1.14. The molecule has 0 saturated carbocycles. The van der Waals surface area contributed by atoms with Gasteiger partial charge in [0.25, 0.3) is 0 Å². The third kappa shape index (κ3) is 5.73. The zero-order valence-corrected chi connectivity index (χ0v) is 22.2. The van der Waals surface area contributed by atoms with Crippen LogP contribution in [0.5, 0.6) is 0 Å². The summed E-state index contributed by atoms with van der Waals surface area (Å²) in [6.45, 7) is 5.61. The van der Waals surface area contributed by atoms with E-state index in [0.717, 1.165) is 61.5 Å². The van der Waals surface area contributed by atoms with Crippen LogP contribution in [0.15, 0.2) is 0 Å². The van der Waals surface area contributed by atoms with Crippen molar-refractivity contribution in [3.05, 3.63) is 32.5 Å². The highest BCUT2D eigenvalue weighted by molar-refractivity contribution is 6.35. The van der Waals surface area contributed by atoms with Crippen LogP contribution < -0.4 is 0 Å². The number of unbranched alkanes of at least 4 members (excludes halogenated alkanes) is 7. The van der Waals surface area contributed by atoms with Gasteiger partial charge < -0.3 is 9.13 Å². The summed E-state index contributed by atoms with van der Waals surface area (Å²) in [5.74, 6) is 1.76. The van der Waals surface area contributed by atoms with Crippen LogP contribution in [0, 0.1) is 13.8 Å². The molecule has 0 aliphatic heterocycles. The van der Waals surface area contributed by atoms with Gasteiger partial charge >= 0.3 is 0 Å². The van der Waals surface area contributed by atoms with Crippen LogP contribution in [0.3, 0.4) is 0 Å². The molecule has 0 fully saturated rings. The molecule has 0 radical (unpaired) electrons. The number of rotatable bonds is 11. The van der Waals surface area contributed by atoms with Crippen molar-refractivity contribution in [3.63, 3.8) is 0 Å². The lowest BCUT2D eigenvalue weighted by Gasteiger charge is -2.08. The number of nitrogens with zero attached hydrogens (tertiary/aromatic N) is 8. The SMILES string of the molecule is Cc1nc2nc(Cl)nc(Cl)c2n1CCCCCCCCCCn1c(C)nc2nc(Cl)nc(Cl)c21. The molecule has 4 heterocycles. The first kappa shape index (κ1) is 25.4. The van der Waals surface area contributed by atoms with E-state index in [-0.39, 0.29) is 10.6 Å². The standard InChI is InChI=1S/C22H26Cl4N8/c1-13-27-19-15(17(23)29-21(25)31-19)33(13)11-9-7-5-3-4-6-8-10-12-34-14(2)28-20-16(34)18(24)30-22(26)32-20/h3-12H2,1-2H3. The highest BCUT2D eigenvalue weighted by Gasteiger charge is 2.15. The summed E-state index contributed by atoms with van der Waals surface area (Å²) >= 11 is 24.3. The maximum absolute atomic E-state index is 6.27. The van der Waals surface area contributed by atoms with E-state index in [1.54, 1.807) is 0 Å². The highest BCUT2D eigenvalue weighted by atomic mass is 35.5. The minimum absolute atomic E-state index is 0.124. The molecule has 0 bridgehead atoms. The molecule has 0 aliphatic rings. The molecule has 0 N–H and O–H groups in total. The molecule has 0 saturated heterocycles. The van der Waals surface area contributed by atoms with E-state index in [1.807, 2.05) is 13.8 Å². The molecule has 0 atom stereocenters. The average Bonchev–Trinajstić information content (AvgIpc) is 3.24. The Bertz CT molecular complexity index is 1200. The van der Waals surface area contributed by atoms with E-state index >= 15 is 0 Å². The smallest absolute Gasteiger partial charge is 0.225 e. The molecule has 34 heavy (non-hydrogen) atoms. The van der Waals surface area contributed by atoms with Crippen molar-refractivity contribution in [2.24, 2.45) is 0 Å². The van der Waals surface area contributed by atoms with Crippen LogP contribution in [0.2, 0.25) is 20.9 Å². The summed E-state index contributed by atoms with van der Waals surface area (Å²) < 4.78 is 4.17. The van der Waals surface area contributed by atoms with Crippen LogP contribution in [-0.4, -0.2) is 39.0 Å². The van der Waals surface area contributed by atoms with E-state index in [2.05, 4.69) is 39.0 Å². The fraction of sp³-hybridized carbons (Fsp3) is 0.545. The zero-order valence-electron chi connectivity index (χ0n) is 19.2. The molecule has 0 amide bonds. The fourth-order valence-electron chi connectivity index (χ4n) is 4.30. The molecule has 4 aromatic heterocycles. The molecule has 0 aliphatic carbocycles. The minimum Gasteiger partial charge on any atom is -0.324 e. The lowest BCUT2D eigenvalue weighted by Crippen LogP contribution is -2.02. The number of hydrogen-bond donors (Lipinski definition) is 0. The van der Waals surface area contributed by atoms with E-state index in [9.17, 15) is 0 Å². The first-order chi connectivity index (χ1) is 16.3. The largest absolute Gasteiger partial charge is 0.324 e. The summed E-state index contributed by atoms with van der Waals surface area (Å²) in [6, 6.07) is 0. The quantitative estimate of drug-likeness (QED) is 0.115. The van der Waals surface area contributed by atoms with Gasteiger partial charge in [-0.15, -0.1) is 0 Å². The van der Waals surface area contributed by atoms with Crippen molar-refractivity contribution < 1.29 is 0 Å². The van der Waals surface area contributed by atoms with Gasteiger partial charge in [0.2, 0.25) is 10.6 Å². The van der Waals surface area contributed by atoms with Crippen LogP contribution in [0.25, 0.3) is 22.3 Å². The van der Waals surface area contributed by atoms with Crippen molar-refractivity contribution in [1.29, 1.82) is 0 Å². The van der Waals surface area contributed by atoms with Gasteiger partial charge in [-0.25, -0.2) is 19.9 Å². The topological polar surface area (TPSA) is 87.2 Å². The number of aryl methyl sites for hydroxylation is 4. The van der Waals surface area contributed by atoms with Crippen LogP contribution in [-0.2, 0) is 13.1 Å². The van der Waals surface area contributed by atoms with Crippen molar-refractivity contribution in [2.75, 3.05) is 0 Å². The van der Waals surface area contributed by atoms with Crippen molar-refractivity contribution >= 4 is 68.7 Å². The summed E-state index contributed by atoms with van der Waals surface area (Å²) in [6.07, 6.45) is 9.32. The number of imidazole rings is 2. The zero-order chi connectivity index (χ0) is 24.2. The van der Waals surface area contributed by atoms with E-state index in [0.29, 0.717) is 21.6 Å². The molecule has 4 rings (SSSR count). The number of hydrogen-bond acceptors (Lipinski definition) is 6. The number of fused-ring (bicyclic) bond motifs is 2. The Morgan fingerprint density at radius 2 is 0.853 bits per heavy atom. The van der Waals surface area contributed by atoms with Gasteiger partial charge in [0.05, 0.1) is 0 Å². The minimum atomic E-state index is 0.124. The third-order valence-electron chi connectivity index (χ3n) is 5.96. The van der Waals surface area contributed by atoms with Gasteiger partial charge in [0.1, 0.15) is 22.7 Å². The summed E-state index contributed by atoms with van der Waals surface area (Å²) in [5, 5.41) is 0.956.